The average Bonchev–Trinajstić information content (AvgIpc) is 3.21. The molecule has 0 bridgehead atoms. The monoisotopic (exact) mass is 396 g/mol. The maximum Gasteiger partial charge on any atom is 0.250 e. The highest BCUT2D eigenvalue weighted by atomic mass is 32.1. The quantitative estimate of drug-likeness (QED) is 0.655. The Morgan fingerprint density at radius 2 is 1.96 bits per heavy atom. The number of carbonyl (C=O) groups excluding carboxylic acids is 1. The number of aryl methyl sites for hydroxylation is 3. The van der Waals surface area contributed by atoms with Crippen LogP contribution in [0.4, 0.5) is 9.52 Å². The van der Waals surface area contributed by atoms with Crippen LogP contribution < -0.4 is 5.32 Å². The Morgan fingerprint density at radius 1 is 1.21 bits per heavy atom. The third-order valence-corrected chi connectivity index (χ3v) is 5.97. The summed E-state index contributed by atoms with van der Waals surface area (Å²) < 4.78 is 14.9. The second-order valence-corrected chi connectivity index (χ2v) is 7.97. The molecule has 1 N–H and O–H groups in total. The van der Waals surface area contributed by atoms with Gasteiger partial charge in [0.25, 0.3) is 0 Å². The van der Waals surface area contributed by atoms with E-state index in [1.807, 2.05) is 13.8 Å². The normalized spacial score (nSPS) is 13.7. The van der Waals surface area contributed by atoms with E-state index in [0.717, 1.165) is 41.2 Å². The molecule has 144 valence electrons. The number of aromatic nitrogens is 3. The topological polar surface area (TPSA) is 59.8 Å². The van der Waals surface area contributed by atoms with Crippen molar-refractivity contribution >= 4 is 28.5 Å². The van der Waals surface area contributed by atoms with Crippen molar-refractivity contribution in [1.82, 2.24) is 14.8 Å². The Kier molecular flexibility index (Phi) is 5.09. The van der Waals surface area contributed by atoms with Gasteiger partial charge in [0, 0.05) is 22.2 Å². The van der Waals surface area contributed by atoms with Crippen LogP contribution in [0.2, 0.25) is 0 Å². The van der Waals surface area contributed by atoms with E-state index >= 15 is 0 Å². The Labute approximate surface area is 166 Å². The number of anilines is 1. The first-order valence-electron chi connectivity index (χ1n) is 9.31. The third-order valence-electron chi connectivity index (χ3n) is 4.90. The highest BCUT2D eigenvalue weighted by molar-refractivity contribution is 7.15. The molecule has 0 spiro atoms. The number of nitrogens with one attached hydrogen (secondary N) is 1. The van der Waals surface area contributed by atoms with Crippen LogP contribution in [0.5, 0.6) is 0 Å². The number of amides is 1. The minimum atomic E-state index is -0.286. The molecule has 4 rings (SSSR count). The van der Waals surface area contributed by atoms with Gasteiger partial charge in [-0.2, -0.15) is 5.10 Å². The van der Waals surface area contributed by atoms with Gasteiger partial charge in [0.2, 0.25) is 5.91 Å². The summed E-state index contributed by atoms with van der Waals surface area (Å²) >= 11 is 1.57. The van der Waals surface area contributed by atoms with Gasteiger partial charge in [0.15, 0.2) is 5.13 Å². The van der Waals surface area contributed by atoms with Crippen molar-refractivity contribution in [3.63, 3.8) is 0 Å². The number of nitrogens with zero attached hydrogens (tertiary/aromatic N) is 3. The van der Waals surface area contributed by atoms with Crippen LogP contribution in [0.15, 0.2) is 30.3 Å². The van der Waals surface area contributed by atoms with E-state index < -0.39 is 0 Å². The number of benzene rings is 1. The Hall–Kier alpha value is -2.80. The van der Waals surface area contributed by atoms with Gasteiger partial charge >= 0.3 is 0 Å². The summed E-state index contributed by atoms with van der Waals surface area (Å²) in [7, 11) is 0. The minimum Gasteiger partial charge on any atom is -0.298 e. The van der Waals surface area contributed by atoms with Gasteiger partial charge in [0.05, 0.1) is 17.1 Å². The number of fused-ring (bicyclic) bond motifs is 1. The Morgan fingerprint density at radius 3 is 2.71 bits per heavy atom. The lowest BCUT2D eigenvalue weighted by atomic mass is 10.0. The van der Waals surface area contributed by atoms with Gasteiger partial charge in [0.1, 0.15) is 5.82 Å². The molecule has 1 aliphatic rings. The van der Waals surface area contributed by atoms with Crippen LogP contribution in [0.25, 0.3) is 11.8 Å². The fraction of sp³-hybridized carbons (Fsp3) is 0.286. The number of hydrogen-bond donors (Lipinski definition) is 1. The summed E-state index contributed by atoms with van der Waals surface area (Å²) in [6, 6.07) is 6.17. The number of halogens is 1. The molecule has 28 heavy (non-hydrogen) atoms. The average molecular weight is 396 g/mol. The number of rotatable bonds is 4. The van der Waals surface area contributed by atoms with Crippen molar-refractivity contribution in [2.45, 2.75) is 39.5 Å². The fourth-order valence-electron chi connectivity index (χ4n) is 3.44. The van der Waals surface area contributed by atoms with Gasteiger partial charge in [-0.15, -0.1) is 11.3 Å². The van der Waals surface area contributed by atoms with Crippen molar-refractivity contribution in [1.29, 1.82) is 0 Å². The van der Waals surface area contributed by atoms with Gasteiger partial charge < -0.3 is 0 Å². The van der Waals surface area contributed by atoms with Crippen molar-refractivity contribution < 1.29 is 9.18 Å². The van der Waals surface area contributed by atoms with E-state index in [4.69, 9.17) is 0 Å². The van der Waals surface area contributed by atoms with E-state index in [-0.39, 0.29) is 11.7 Å². The molecule has 0 fully saturated rings. The molecule has 1 amide bonds. The van der Waals surface area contributed by atoms with E-state index in [0.29, 0.717) is 5.13 Å². The summed E-state index contributed by atoms with van der Waals surface area (Å²) in [5.74, 6) is -0.495. The predicted octanol–water partition coefficient (Wildman–Crippen LogP) is 4.62. The molecule has 0 radical (unpaired) electrons. The van der Waals surface area contributed by atoms with Crippen LogP contribution in [-0.2, 0) is 17.6 Å². The van der Waals surface area contributed by atoms with Crippen LogP contribution in [-0.4, -0.2) is 20.7 Å². The smallest absolute Gasteiger partial charge is 0.250 e. The zero-order valence-electron chi connectivity index (χ0n) is 15.8. The molecule has 0 aliphatic heterocycles. The molecule has 1 aromatic carbocycles. The van der Waals surface area contributed by atoms with Crippen LogP contribution in [0.3, 0.4) is 0 Å². The zero-order valence-corrected chi connectivity index (χ0v) is 16.6. The van der Waals surface area contributed by atoms with Gasteiger partial charge in [-0.1, -0.05) is 0 Å². The van der Waals surface area contributed by atoms with E-state index in [1.165, 1.54) is 35.9 Å². The summed E-state index contributed by atoms with van der Waals surface area (Å²) in [6.45, 7) is 3.81. The molecule has 0 saturated carbocycles. The molecule has 7 heteroatoms. The predicted molar refractivity (Wildman–Crippen MR) is 109 cm³/mol. The largest absolute Gasteiger partial charge is 0.298 e. The maximum atomic E-state index is 13.2. The molecule has 2 aromatic heterocycles. The van der Waals surface area contributed by atoms with Crippen molar-refractivity contribution in [3.05, 3.63) is 63.7 Å². The molecule has 0 unspecified atom stereocenters. The summed E-state index contributed by atoms with van der Waals surface area (Å²) in [4.78, 5) is 18.2. The zero-order chi connectivity index (χ0) is 19.7. The molecule has 0 atom stereocenters. The first-order valence-corrected chi connectivity index (χ1v) is 10.1. The molecule has 5 nitrogen and oxygen atoms in total. The fourth-order valence-corrected chi connectivity index (χ4v) is 4.49. The summed E-state index contributed by atoms with van der Waals surface area (Å²) in [5.41, 5.74) is 4.47. The second-order valence-electron chi connectivity index (χ2n) is 6.89. The van der Waals surface area contributed by atoms with Crippen LogP contribution in [0.1, 0.15) is 40.4 Å². The van der Waals surface area contributed by atoms with Crippen LogP contribution >= 0.6 is 11.3 Å². The summed E-state index contributed by atoms with van der Waals surface area (Å²) in [5, 5.41) is 8.05. The van der Waals surface area contributed by atoms with Crippen molar-refractivity contribution in [2.75, 3.05) is 5.32 Å². The Balaban J connectivity index is 1.50. The number of carbonyl (C=O) groups is 1. The first kappa shape index (κ1) is 18.6. The van der Waals surface area contributed by atoms with E-state index in [2.05, 4.69) is 15.4 Å². The van der Waals surface area contributed by atoms with Gasteiger partial charge in [-0.3, -0.25) is 10.1 Å². The molecule has 0 saturated heterocycles. The number of thiazole rings is 1. The lowest BCUT2D eigenvalue weighted by Gasteiger charge is -2.06. The summed E-state index contributed by atoms with van der Waals surface area (Å²) in [6.07, 6.45) is 7.69. The van der Waals surface area contributed by atoms with Crippen LogP contribution in [0, 0.1) is 19.7 Å². The maximum absolute atomic E-state index is 13.2. The minimum absolute atomic E-state index is 0.209. The van der Waals surface area contributed by atoms with E-state index in [1.54, 1.807) is 34.2 Å². The van der Waals surface area contributed by atoms with Crippen molar-refractivity contribution in [2.24, 2.45) is 0 Å². The van der Waals surface area contributed by atoms with Crippen molar-refractivity contribution in [3.8, 4) is 5.69 Å². The molecular formula is C21H21FN4OS. The second kappa shape index (κ2) is 7.67. The Bertz CT molecular complexity index is 1030. The molecular weight excluding hydrogens is 375 g/mol. The third kappa shape index (κ3) is 3.75. The lowest BCUT2D eigenvalue weighted by Crippen LogP contribution is -2.07. The number of hydrogen-bond acceptors (Lipinski definition) is 4. The van der Waals surface area contributed by atoms with Gasteiger partial charge in [-0.05, 0) is 69.9 Å². The molecule has 1 aliphatic carbocycles. The van der Waals surface area contributed by atoms with E-state index in [9.17, 15) is 9.18 Å². The molecule has 3 aromatic rings. The standard InChI is InChI=1S/C21H21FN4OS/c1-13-17(14(2)26(25-13)16-9-7-15(22)8-10-16)11-12-20(27)24-21-23-18-5-3-4-6-19(18)28-21/h7-12H,3-6H2,1-2H3,(H,23,24,27)/b12-11+. The van der Waals surface area contributed by atoms with Gasteiger partial charge in [-0.25, -0.2) is 14.1 Å². The molecule has 2 heterocycles. The highest BCUT2D eigenvalue weighted by Gasteiger charge is 2.16. The first-order chi connectivity index (χ1) is 13.5. The highest BCUT2D eigenvalue weighted by Crippen LogP contribution is 2.29. The SMILES string of the molecule is Cc1nn(-c2ccc(F)cc2)c(C)c1/C=C/C(=O)Nc1nc2c(s1)CCCC2. The lowest BCUT2D eigenvalue weighted by molar-refractivity contribution is -0.111.